The van der Waals surface area contributed by atoms with Crippen LogP contribution in [0.2, 0.25) is 0 Å². The summed E-state index contributed by atoms with van der Waals surface area (Å²) in [5, 5.41) is 0. The lowest BCUT2D eigenvalue weighted by Crippen LogP contribution is -2.55. The number of likely N-dealkylation sites (N-methyl/N-ethyl adjacent to an activating group) is 2. The summed E-state index contributed by atoms with van der Waals surface area (Å²) in [6.07, 6.45) is 5.08. The molecule has 2 rings (SSSR count). The molecule has 1 saturated heterocycles. The van der Waals surface area contributed by atoms with E-state index >= 15 is 0 Å². The molecule has 5 nitrogen and oxygen atoms in total. The molecule has 0 amide bonds. The van der Waals surface area contributed by atoms with E-state index in [1.54, 1.807) is 0 Å². The predicted octanol–water partition coefficient (Wildman–Crippen LogP) is 0.654. The van der Waals surface area contributed by atoms with Crippen LogP contribution in [0.3, 0.4) is 0 Å². The van der Waals surface area contributed by atoms with Gasteiger partial charge in [0.25, 0.3) is 0 Å². The molecule has 1 aromatic heterocycles. The maximum absolute atomic E-state index is 5.84. The Kier molecular flexibility index (Phi) is 6.11. The number of nitrogens with zero attached hydrogens (tertiary/aromatic N) is 3. The Morgan fingerprint density at radius 1 is 1.38 bits per heavy atom. The Hall–Kier alpha value is -1.01. The van der Waals surface area contributed by atoms with E-state index in [9.17, 15) is 0 Å². The van der Waals surface area contributed by atoms with Gasteiger partial charge in [-0.25, -0.2) is 0 Å². The van der Waals surface area contributed by atoms with E-state index in [-0.39, 0.29) is 6.04 Å². The first-order valence-corrected chi connectivity index (χ1v) is 7.92. The fourth-order valence-electron chi connectivity index (χ4n) is 3.06. The summed E-state index contributed by atoms with van der Waals surface area (Å²) in [5.74, 6) is 5.84. The molecule has 21 heavy (non-hydrogen) atoms. The molecular weight excluding hydrogens is 262 g/mol. The van der Waals surface area contributed by atoms with Gasteiger partial charge in [-0.1, -0.05) is 13.0 Å². The van der Waals surface area contributed by atoms with Crippen molar-refractivity contribution in [2.75, 3.05) is 33.7 Å². The number of hydrazine groups is 1. The van der Waals surface area contributed by atoms with E-state index < -0.39 is 0 Å². The topological polar surface area (TPSA) is 57.4 Å². The Balaban J connectivity index is 2.06. The predicted molar refractivity (Wildman–Crippen MR) is 87.0 cm³/mol. The first-order chi connectivity index (χ1) is 10.1. The molecule has 0 aromatic carbocycles. The molecular formula is C16H29N5. The van der Waals surface area contributed by atoms with E-state index in [0.717, 1.165) is 38.2 Å². The number of aryl methyl sites for hydroxylation is 1. The molecule has 2 unspecified atom stereocenters. The first kappa shape index (κ1) is 16.4. The maximum Gasteiger partial charge on any atom is 0.0433 e. The van der Waals surface area contributed by atoms with Gasteiger partial charge < -0.3 is 9.80 Å². The standard InChI is InChI=1S/C16H29N5/c1-4-13-6-7-14(18-11-13)10-15(19-17)16-12-20(2)8-5-9-21(16)3/h6-7,11,15-16,19H,4-5,8-10,12,17H2,1-3H3. The van der Waals surface area contributed by atoms with Gasteiger partial charge in [0.1, 0.15) is 0 Å². The molecule has 5 heteroatoms. The molecule has 0 saturated carbocycles. The highest BCUT2D eigenvalue weighted by Crippen LogP contribution is 2.13. The van der Waals surface area contributed by atoms with Gasteiger partial charge in [0.15, 0.2) is 0 Å². The van der Waals surface area contributed by atoms with Crippen molar-refractivity contribution in [2.45, 2.75) is 38.3 Å². The van der Waals surface area contributed by atoms with Crippen molar-refractivity contribution in [2.24, 2.45) is 5.84 Å². The van der Waals surface area contributed by atoms with Gasteiger partial charge in [0, 0.05) is 36.9 Å². The second-order valence-corrected chi connectivity index (χ2v) is 6.15. The Morgan fingerprint density at radius 3 is 2.81 bits per heavy atom. The first-order valence-electron chi connectivity index (χ1n) is 7.92. The van der Waals surface area contributed by atoms with Gasteiger partial charge in [0.2, 0.25) is 0 Å². The van der Waals surface area contributed by atoms with Crippen molar-refractivity contribution in [3.8, 4) is 0 Å². The monoisotopic (exact) mass is 291 g/mol. The van der Waals surface area contributed by atoms with Crippen molar-refractivity contribution >= 4 is 0 Å². The third-order valence-corrected chi connectivity index (χ3v) is 4.52. The lowest BCUT2D eigenvalue weighted by atomic mass is 10.0. The molecule has 0 spiro atoms. The van der Waals surface area contributed by atoms with Gasteiger partial charge in [-0.15, -0.1) is 0 Å². The summed E-state index contributed by atoms with van der Waals surface area (Å²) in [6, 6.07) is 4.92. The lowest BCUT2D eigenvalue weighted by Gasteiger charge is -2.34. The fraction of sp³-hybridized carbons (Fsp3) is 0.688. The molecule has 3 N–H and O–H groups in total. The minimum Gasteiger partial charge on any atom is -0.305 e. The van der Waals surface area contributed by atoms with Crippen LogP contribution in [0.5, 0.6) is 0 Å². The van der Waals surface area contributed by atoms with Crippen molar-refractivity contribution in [1.29, 1.82) is 0 Å². The van der Waals surface area contributed by atoms with Crippen molar-refractivity contribution in [3.63, 3.8) is 0 Å². The molecule has 0 aliphatic carbocycles. The van der Waals surface area contributed by atoms with Gasteiger partial charge in [-0.05, 0) is 51.7 Å². The number of hydrogen-bond donors (Lipinski definition) is 2. The Labute approximate surface area is 128 Å². The second-order valence-electron chi connectivity index (χ2n) is 6.15. The minimum absolute atomic E-state index is 0.218. The molecule has 0 radical (unpaired) electrons. The van der Waals surface area contributed by atoms with Gasteiger partial charge in [-0.2, -0.15) is 0 Å². The number of nitrogens with two attached hydrogens (primary N) is 1. The molecule has 1 aliphatic rings. The number of rotatable bonds is 5. The quantitative estimate of drug-likeness (QED) is 0.616. The highest BCUT2D eigenvalue weighted by Gasteiger charge is 2.28. The van der Waals surface area contributed by atoms with E-state index in [4.69, 9.17) is 5.84 Å². The third-order valence-electron chi connectivity index (χ3n) is 4.52. The summed E-state index contributed by atoms with van der Waals surface area (Å²) in [6.45, 7) is 5.46. The molecule has 1 aromatic rings. The van der Waals surface area contributed by atoms with Crippen molar-refractivity contribution in [3.05, 3.63) is 29.6 Å². The van der Waals surface area contributed by atoms with E-state index in [0.29, 0.717) is 6.04 Å². The number of hydrogen-bond acceptors (Lipinski definition) is 5. The van der Waals surface area contributed by atoms with Crippen LogP contribution in [0.25, 0.3) is 0 Å². The average Bonchev–Trinajstić information content (AvgIpc) is 2.67. The summed E-state index contributed by atoms with van der Waals surface area (Å²) in [7, 11) is 4.38. The fourth-order valence-corrected chi connectivity index (χ4v) is 3.06. The van der Waals surface area contributed by atoms with Crippen molar-refractivity contribution in [1.82, 2.24) is 20.2 Å². The smallest absolute Gasteiger partial charge is 0.0433 e. The Morgan fingerprint density at radius 2 is 2.19 bits per heavy atom. The normalized spacial score (nSPS) is 23.0. The SMILES string of the molecule is CCc1ccc(CC(NN)C2CN(C)CCCN2C)nc1. The van der Waals surface area contributed by atoms with Crippen LogP contribution in [0, 0.1) is 0 Å². The van der Waals surface area contributed by atoms with Crippen LogP contribution in [0.4, 0.5) is 0 Å². The van der Waals surface area contributed by atoms with Crippen LogP contribution in [0.1, 0.15) is 24.6 Å². The average molecular weight is 291 g/mol. The van der Waals surface area contributed by atoms with Gasteiger partial charge in [0.05, 0.1) is 0 Å². The molecule has 2 atom stereocenters. The zero-order valence-corrected chi connectivity index (χ0v) is 13.5. The van der Waals surface area contributed by atoms with Gasteiger partial charge >= 0.3 is 0 Å². The maximum atomic E-state index is 5.84. The highest BCUT2D eigenvalue weighted by atomic mass is 15.3. The van der Waals surface area contributed by atoms with Crippen LogP contribution in [-0.4, -0.2) is 60.6 Å². The number of pyridine rings is 1. The molecule has 0 bridgehead atoms. The zero-order chi connectivity index (χ0) is 15.2. The lowest BCUT2D eigenvalue weighted by molar-refractivity contribution is 0.177. The molecule has 1 fully saturated rings. The second kappa shape index (κ2) is 7.84. The van der Waals surface area contributed by atoms with Crippen LogP contribution >= 0.6 is 0 Å². The summed E-state index contributed by atoms with van der Waals surface area (Å²) in [4.78, 5) is 9.39. The van der Waals surface area contributed by atoms with Crippen LogP contribution in [-0.2, 0) is 12.8 Å². The largest absolute Gasteiger partial charge is 0.305 e. The molecule has 118 valence electrons. The zero-order valence-electron chi connectivity index (χ0n) is 13.5. The van der Waals surface area contributed by atoms with Crippen molar-refractivity contribution < 1.29 is 0 Å². The highest BCUT2D eigenvalue weighted by molar-refractivity contribution is 5.15. The molecule has 2 heterocycles. The molecule has 1 aliphatic heterocycles. The summed E-state index contributed by atoms with van der Waals surface area (Å²) >= 11 is 0. The Bertz CT molecular complexity index is 419. The third kappa shape index (κ3) is 4.48. The minimum atomic E-state index is 0.218. The van der Waals surface area contributed by atoms with Gasteiger partial charge in [-0.3, -0.25) is 16.3 Å². The van der Waals surface area contributed by atoms with Crippen LogP contribution < -0.4 is 11.3 Å². The number of nitrogens with one attached hydrogen (secondary N) is 1. The van der Waals surface area contributed by atoms with E-state index in [2.05, 4.69) is 53.4 Å². The number of aromatic nitrogens is 1. The van der Waals surface area contributed by atoms with Crippen LogP contribution in [0.15, 0.2) is 18.3 Å². The summed E-state index contributed by atoms with van der Waals surface area (Å²) in [5.41, 5.74) is 5.41. The van der Waals surface area contributed by atoms with E-state index in [1.807, 2.05) is 6.20 Å². The summed E-state index contributed by atoms with van der Waals surface area (Å²) < 4.78 is 0. The van der Waals surface area contributed by atoms with E-state index in [1.165, 1.54) is 12.0 Å².